The fourth-order valence-electron chi connectivity index (χ4n) is 8.00. The Balaban J connectivity index is 1.62. The van der Waals surface area contributed by atoms with Crippen molar-refractivity contribution in [2.45, 2.75) is 84.3 Å². The average Bonchev–Trinajstić information content (AvgIpc) is 2.82. The highest BCUT2D eigenvalue weighted by molar-refractivity contribution is 7.46. The molecule has 7 heteroatoms. The van der Waals surface area contributed by atoms with Gasteiger partial charge in [-0.1, -0.05) is 32.4 Å². The van der Waals surface area contributed by atoms with Gasteiger partial charge in [0.2, 0.25) is 0 Å². The van der Waals surface area contributed by atoms with Crippen LogP contribution in [-0.4, -0.2) is 32.4 Å². The summed E-state index contributed by atoms with van der Waals surface area (Å²) >= 11 is 0. The minimum atomic E-state index is -4.47. The van der Waals surface area contributed by atoms with E-state index in [1.165, 1.54) is 5.57 Å². The number of rotatable bonds is 3. The molecule has 4 aliphatic carbocycles. The van der Waals surface area contributed by atoms with E-state index >= 15 is 0 Å². The molecule has 0 amide bonds. The molecule has 0 bridgehead atoms. The van der Waals surface area contributed by atoms with Gasteiger partial charge in [-0.2, -0.15) is 0 Å². The van der Waals surface area contributed by atoms with Crippen LogP contribution >= 0.6 is 7.82 Å². The van der Waals surface area contributed by atoms with Crippen LogP contribution in [0.4, 0.5) is 0 Å². The Labute approximate surface area is 173 Å². The summed E-state index contributed by atoms with van der Waals surface area (Å²) in [5, 5.41) is 11.5. The maximum atomic E-state index is 12.5. The Morgan fingerprint density at radius 3 is 2.52 bits per heavy atom. The van der Waals surface area contributed by atoms with Gasteiger partial charge in [0.1, 0.15) is 5.60 Å². The van der Waals surface area contributed by atoms with Gasteiger partial charge in [-0.15, -0.1) is 0 Å². The number of hydrogen-bond donors (Lipinski definition) is 3. The predicted octanol–water partition coefficient (Wildman–Crippen LogP) is 3.99. The molecule has 164 valence electrons. The zero-order chi connectivity index (χ0) is 21.4. The molecule has 0 heterocycles. The molecule has 0 aromatic heterocycles. The fourth-order valence-corrected chi connectivity index (χ4v) is 8.57. The van der Waals surface area contributed by atoms with Crippen molar-refractivity contribution >= 4 is 13.6 Å². The molecule has 3 N–H and O–H groups in total. The molecule has 6 nitrogen and oxygen atoms in total. The molecule has 4 aliphatic rings. The molecule has 0 radical (unpaired) electrons. The zero-order valence-corrected chi connectivity index (χ0v) is 18.8. The number of phosphoric acid groups is 1. The van der Waals surface area contributed by atoms with E-state index in [-0.39, 0.29) is 22.5 Å². The zero-order valence-electron chi connectivity index (χ0n) is 17.9. The maximum absolute atomic E-state index is 12.5. The molecule has 3 saturated carbocycles. The topological polar surface area (TPSA) is 104 Å². The first kappa shape index (κ1) is 21.7. The lowest BCUT2D eigenvalue weighted by Gasteiger charge is -2.58. The molecular weight excluding hydrogens is 391 g/mol. The Morgan fingerprint density at radius 2 is 1.90 bits per heavy atom. The van der Waals surface area contributed by atoms with Crippen LogP contribution in [0.3, 0.4) is 0 Å². The van der Waals surface area contributed by atoms with Gasteiger partial charge in [0.05, 0.1) is 6.10 Å². The van der Waals surface area contributed by atoms with Gasteiger partial charge in [-0.05, 0) is 81.0 Å². The van der Waals surface area contributed by atoms with Gasteiger partial charge in [0.25, 0.3) is 0 Å². The van der Waals surface area contributed by atoms with E-state index < -0.39 is 19.5 Å². The average molecular weight is 426 g/mol. The molecule has 29 heavy (non-hydrogen) atoms. The third-order valence-corrected chi connectivity index (χ3v) is 10.0. The molecule has 0 spiro atoms. The Kier molecular flexibility index (Phi) is 5.04. The first-order valence-electron chi connectivity index (χ1n) is 11.0. The first-order chi connectivity index (χ1) is 13.3. The van der Waals surface area contributed by atoms with E-state index in [0.717, 1.165) is 32.1 Å². The Bertz CT molecular complexity index is 788. The van der Waals surface area contributed by atoms with Crippen molar-refractivity contribution in [2.24, 2.45) is 34.5 Å². The number of Topliss-reactive ketones (excluding diaryl/α,β-unsaturated/α-hetero) is 1. The van der Waals surface area contributed by atoms with Crippen LogP contribution in [0.15, 0.2) is 11.6 Å². The summed E-state index contributed by atoms with van der Waals surface area (Å²) in [6.45, 7) is 8.00. The first-order valence-corrected chi connectivity index (χ1v) is 12.5. The monoisotopic (exact) mass is 426 g/mol. The second kappa shape index (κ2) is 6.74. The second-order valence-corrected chi connectivity index (χ2v) is 11.8. The molecule has 0 aromatic rings. The normalized spacial score (nSPS) is 49.6. The molecule has 0 aromatic carbocycles. The van der Waals surface area contributed by atoms with Crippen LogP contribution < -0.4 is 0 Å². The van der Waals surface area contributed by atoms with E-state index in [4.69, 9.17) is 4.52 Å². The summed E-state index contributed by atoms with van der Waals surface area (Å²) in [5.41, 5.74) is -0.316. The van der Waals surface area contributed by atoms with Crippen molar-refractivity contribution in [1.29, 1.82) is 0 Å². The highest BCUT2D eigenvalue weighted by Gasteiger charge is 2.67. The standard InChI is InChI=1S/C22H35O6P/c1-13-11-19-17-6-5-15-12-16(28-29(25,26)27)7-9-20(15,3)18(17)8-10-21(19,4)22(13,24)14(2)23/h5,13,16-19,24H,6-12H2,1-4H3,(H2,25,26,27)/t13-,16-,17-,18+,19+,20+,21+,22+/m1/s1. The van der Waals surface area contributed by atoms with Crippen LogP contribution in [0, 0.1) is 34.5 Å². The summed E-state index contributed by atoms with van der Waals surface area (Å²) in [7, 11) is -4.47. The predicted molar refractivity (Wildman–Crippen MR) is 109 cm³/mol. The number of allylic oxidation sites excluding steroid dienone is 1. The Hall–Kier alpha value is -0.520. The van der Waals surface area contributed by atoms with Crippen LogP contribution in [0.2, 0.25) is 0 Å². The smallest absolute Gasteiger partial charge is 0.381 e. The summed E-state index contributed by atoms with van der Waals surface area (Å²) in [6, 6.07) is 0. The maximum Gasteiger partial charge on any atom is 0.469 e. The molecular formula is C22H35O6P. The van der Waals surface area contributed by atoms with Crippen molar-refractivity contribution in [2.75, 3.05) is 0 Å². The lowest BCUT2D eigenvalue weighted by atomic mass is 9.46. The number of fused-ring (bicyclic) bond motifs is 5. The molecule has 3 fully saturated rings. The molecule has 0 saturated heterocycles. The number of aliphatic hydroxyl groups is 1. The summed E-state index contributed by atoms with van der Waals surface area (Å²) < 4.78 is 16.3. The summed E-state index contributed by atoms with van der Waals surface area (Å²) in [4.78, 5) is 30.9. The second-order valence-electron chi connectivity index (χ2n) is 10.6. The van der Waals surface area contributed by atoms with Crippen molar-refractivity contribution in [3.05, 3.63) is 11.6 Å². The molecule has 4 rings (SSSR count). The summed E-state index contributed by atoms with van der Waals surface area (Å²) in [5.74, 6) is 1.13. The Morgan fingerprint density at radius 1 is 1.21 bits per heavy atom. The van der Waals surface area contributed by atoms with Crippen molar-refractivity contribution in [3.8, 4) is 0 Å². The quantitative estimate of drug-likeness (QED) is 0.466. The number of ketones is 1. The van der Waals surface area contributed by atoms with E-state index in [2.05, 4.69) is 19.9 Å². The third kappa shape index (κ3) is 3.05. The van der Waals surface area contributed by atoms with E-state index in [1.807, 2.05) is 6.92 Å². The van der Waals surface area contributed by atoms with Gasteiger partial charge in [-0.3, -0.25) is 9.32 Å². The number of hydrogen-bond acceptors (Lipinski definition) is 4. The SMILES string of the molecule is CC(=O)[C@@]1(O)[C@H](C)C[C@H]2[C@@H]3CC=C4C[C@H](OP(=O)(O)O)CC[C@]4(C)[C@H]3CC[C@@]21C. The highest BCUT2D eigenvalue weighted by atomic mass is 31.2. The minimum Gasteiger partial charge on any atom is -0.381 e. The van der Waals surface area contributed by atoms with E-state index in [9.17, 15) is 24.3 Å². The fraction of sp³-hybridized carbons (Fsp3) is 0.864. The van der Waals surface area contributed by atoms with Crippen molar-refractivity contribution in [1.82, 2.24) is 0 Å². The lowest BCUT2D eigenvalue weighted by Crippen LogP contribution is -2.58. The molecule has 0 aliphatic heterocycles. The number of carbonyl (C=O) groups excluding carboxylic acids is 1. The van der Waals surface area contributed by atoms with Crippen molar-refractivity contribution < 1.29 is 28.8 Å². The van der Waals surface area contributed by atoms with Gasteiger partial charge in [0.15, 0.2) is 5.78 Å². The van der Waals surface area contributed by atoms with Crippen LogP contribution in [0.25, 0.3) is 0 Å². The van der Waals surface area contributed by atoms with Gasteiger partial charge in [0, 0.05) is 5.41 Å². The summed E-state index contributed by atoms with van der Waals surface area (Å²) in [6.07, 6.45) is 7.59. The number of carbonyl (C=O) groups is 1. The minimum absolute atomic E-state index is 0.0131. The van der Waals surface area contributed by atoms with Crippen molar-refractivity contribution in [3.63, 3.8) is 0 Å². The van der Waals surface area contributed by atoms with Crippen LogP contribution in [-0.2, 0) is 13.9 Å². The molecule has 0 unspecified atom stereocenters. The van der Waals surface area contributed by atoms with Gasteiger partial charge >= 0.3 is 7.82 Å². The van der Waals surface area contributed by atoms with Gasteiger partial charge < -0.3 is 14.9 Å². The lowest BCUT2D eigenvalue weighted by molar-refractivity contribution is -0.165. The number of phosphoric ester groups is 1. The third-order valence-electron chi connectivity index (χ3n) is 9.46. The van der Waals surface area contributed by atoms with Crippen LogP contribution in [0.1, 0.15) is 72.6 Å². The van der Waals surface area contributed by atoms with E-state index in [1.54, 1.807) is 6.92 Å². The largest absolute Gasteiger partial charge is 0.469 e. The highest BCUT2D eigenvalue weighted by Crippen LogP contribution is 2.68. The van der Waals surface area contributed by atoms with E-state index in [0.29, 0.717) is 30.6 Å². The van der Waals surface area contributed by atoms with Crippen LogP contribution in [0.5, 0.6) is 0 Å². The van der Waals surface area contributed by atoms with Gasteiger partial charge in [-0.25, -0.2) is 4.57 Å². The molecule has 8 atom stereocenters.